The molecule has 4 nitrogen and oxygen atoms in total. The Morgan fingerprint density at radius 2 is 2.18 bits per heavy atom. The molecule has 92 valence electrons. The average Bonchev–Trinajstić information content (AvgIpc) is 2.63. The lowest BCUT2D eigenvalue weighted by atomic mass is 10.2. The second-order valence-corrected chi connectivity index (χ2v) is 4.26. The fourth-order valence-electron chi connectivity index (χ4n) is 2.06. The summed E-state index contributed by atoms with van der Waals surface area (Å²) in [4.78, 5) is 4.42. The number of fused-ring (bicyclic) bond motifs is 1. The smallest absolute Gasteiger partial charge is 0.201 e. The second-order valence-electron chi connectivity index (χ2n) is 4.26. The molecule has 1 aromatic carbocycles. The molecule has 2 rings (SSSR count). The van der Waals surface area contributed by atoms with Crippen LogP contribution >= 0.6 is 0 Å². The third-order valence-electron chi connectivity index (χ3n) is 2.99. The SMILES string of the molecule is COCCCCn1c(N)nc2c(C)cccc21. The minimum absolute atomic E-state index is 0.603. The van der Waals surface area contributed by atoms with Crippen LogP contribution in [-0.2, 0) is 11.3 Å². The summed E-state index contributed by atoms with van der Waals surface area (Å²) in [7, 11) is 1.73. The Morgan fingerprint density at radius 3 is 2.94 bits per heavy atom. The maximum atomic E-state index is 5.96. The molecule has 1 heterocycles. The summed E-state index contributed by atoms with van der Waals surface area (Å²) in [6, 6.07) is 6.18. The van der Waals surface area contributed by atoms with Crippen LogP contribution in [0, 0.1) is 6.92 Å². The van der Waals surface area contributed by atoms with E-state index in [1.165, 1.54) is 5.56 Å². The number of para-hydroxylation sites is 1. The van der Waals surface area contributed by atoms with Crippen LogP contribution in [0.1, 0.15) is 18.4 Å². The summed E-state index contributed by atoms with van der Waals surface area (Å²) in [5.74, 6) is 0.603. The van der Waals surface area contributed by atoms with Crippen LogP contribution in [0.3, 0.4) is 0 Å². The van der Waals surface area contributed by atoms with Gasteiger partial charge >= 0.3 is 0 Å². The number of aromatic nitrogens is 2. The number of unbranched alkanes of at least 4 members (excludes halogenated alkanes) is 1. The molecule has 0 saturated heterocycles. The van der Waals surface area contributed by atoms with Crippen molar-refractivity contribution in [2.75, 3.05) is 19.5 Å². The van der Waals surface area contributed by atoms with Crippen molar-refractivity contribution in [1.29, 1.82) is 0 Å². The predicted octanol–water partition coefficient (Wildman–Crippen LogP) is 2.35. The van der Waals surface area contributed by atoms with E-state index in [4.69, 9.17) is 10.5 Å². The molecule has 0 amide bonds. The van der Waals surface area contributed by atoms with E-state index in [9.17, 15) is 0 Å². The van der Waals surface area contributed by atoms with Gasteiger partial charge in [0.2, 0.25) is 5.95 Å². The molecule has 1 aromatic heterocycles. The lowest BCUT2D eigenvalue weighted by molar-refractivity contribution is 0.191. The van der Waals surface area contributed by atoms with E-state index in [-0.39, 0.29) is 0 Å². The topological polar surface area (TPSA) is 53.1 Å². The van der Waals surface area contributed by atoms with Crippen molar-refractivity contribution in [1.82, 2.24) is 9.55 Å². The summed E-state index contributed by atoms with van der Waals surface area (Å²) < 4.78 is 7.12. The molecule has 0 fully saturated rings. The zero-order chi connectivity index (χ0) is 12.3. The summed E-state index contributed by atoms with van der Waals surface area (Å²) in [5, 5.41) is 0. The highest BCUT2D eigenvalue weighted by Gasteiger charge is 2.08. The van der Waals surface area contributed by atoms with Gasteiger partial charge in [-0.2, -0.15) is 0 Å². The van der Waals surface area contributed by atoms with E-state index < -0.39 is 0 Å². The van der Waals surface area contributed by atoms with E-state index >= 15 is 0 Å². The Kier molecular flexibility index (Phi) is 3.64. The highest BCUT2D eigenvalue weighted by Crippen LogP contribution is 2.21. The number of imidazole rings is 1. The quantitative estimate of drug-likeness (QED) is 0.806. The number of nitrogens with two attached hydrogens (primary N) is 1. The highest BCUT2D eigenvalue weighted by molar-refractivity contribution is 5.81. The summed E-state index contributed by atoms with van der Waals surface area (Å²) in [5.41, 5.74) is 9.26. The Labute approximate surface area is 101 Å². The van der Waals surface area contributed by atoms with E-state index in [1.54, 1.807) is 7.11 Å². The van der Waals surface area contributed by atoms with E-state index in [0.717, 1.165) is 37.0 Å². The predicted molar refractivity (Wildman–Crippen MR) is 70.0 cm³/mol. The first kappa shape index (κ1) is 11.9. The molecule has 0 atom stereocenters. The van der Waals surface area contributed by atoms with Gasteiger partial charge in [0.25, 0.3) is 0 Å². The van der Waals surface area contributed by atoms with Gasteiger partial charge in [0.05, 0.1) is 11.0 Å². The van der Waals surface area contributed by atoms with Crippen molar-refractivity contribution in [3.05, 3.63) is 23.8 Å². The molecule has 0 unspecified atom stereocenters. The van der Waals surface area contributed by atoms with E-state index in [2.05, 4.69) is 28.6 Å². The molecule has 0 aliphatic heterocycles. The maximum Gasteiger partial charge on any atom is 0.201 e. The minimum Gasteiger partial charge on any atom is -0.385 e. The van der Waals surface area contributed by atoms with Crippen LogP contribution in [0.4, 0.5) is 5.95 Å². The molecule has 0 saturated carbocycles. The zero-order valence-corrected chi connectivity index (χ0v) is 10.4. The molecule has 4 heteroatoms. The average molecular weight is 233 g/mol. The Bertz CT molecular complexity index is 505. The third-order valence-corrected chi connectivity index (χ3v) is 2.99. The van der Waals surface area contributed by atoms with Gasteiger partial charge in [0.1, 0.15) is 0 Å². The first-order valence-corrected chi connectivity index (χ1v) is 5.94. The van der Waals surface area contributed by atoms with Crippen LogP contribution in [0.5, 0.6) is 0 Å². The molecule has 0 radical (unpaired) electrons. The molecule has 2 aromatic rings. The van der Waals surface area contributed by atoms with Crippen molar-refractivity contribution in [3.8, 4) is 0 Å². The standard InChI is InChI=1S/C13H19N3O/c1-10-6-5-7-11-12(10)15-13(14)16(11)8-3-4-9-17-2/h5-7H,3-4,8-9H2,1-2H3,(H2,14,15). The number of rotatable bonds is 5. The summed E-state index contributed by atoms with van der Waals surface area (Å²) in [6.45, 7) is 3.75. The Hall–Kier alpha value is -1.55. The molecule has 2 N–H and O–H groups in total. The minimum atomic E-state index is 0.603. The Morgan fingerprint density at radius 1 is 1.35 bits per heavy atom. The summed E-state index contributed by atoms with van der Waals surface area (Å²) >= 11 is 0. The van der Waals surface area contributed by atoms with Gasteiger partial charge in [-0.3, -0.25) is 0 Å². The number of anilines is 1. The van der Waals surface area contributed by atoms with E-state index in [1.807, 2.05) is 6.07 Å². The number of nitrogens with zero attached hydrogens (tertiary/aromatic N) is 2. The van der Waals surface area contributed by atoms with Gasteiger partial charge < -0.3 is 15.0 Å². The van der Waals surface area contributed by atoms with Crippen LogP contribution < -0.4 is 5.73 Å². The van der Waals surface area contributed by atoms with Crippen molar-refractivity contribution in [2.24, 2.45) is 0 Å². The maximum absolute atomic E-state index is 5.96. The number of benzene rings is 1. The molecule has 0 bridgehead atoms. The van der Waals surface area contributed by atoms with Crippen molar-refractivity contribution in [2.45, 2.75) is 26.3 Å². The second kappa shape index (κ2) is 5.19. The fraction of sp³-hybridized carbons (Fsp3) is 0.462. The number of aryl methyl sites for hydroxylation is 2. The lowest BCUT2D eigenvalue weighted by Gasteiger charge is -2.06. The number of hydrogen-bond acceptors (Lipinski definition) is 3. The largest absolute Gasteiger partial charge is 0.385 e. The van der Waals surface area contributed by atoms with Gasteiger partial charge in [-0.25, -0.2) is 4.98 Å². The molecule has 0 spiro atoms. The van der Waals surface area contributed by atoms with Crippen molar-refractivity contribution in [3.63, 3.8) is 0 Å². The lowest BCUT2D eigenvalue weighted by Crippen LogP contribution is -2.04. The zero-order valence-electron chi connectivity index (χ0n) is 10.4. The third kappa shape index (κ3) is 2.42. The molecular formula is C13H19N3O. The first-order valence-electron chi connectivity index (χ1n) is 5.94. The van der Waals surface area contributed by atoms with Gasteiger partial charge in [0.15, 0.2) is 0 Å². The normalized spacial score (nSPS) is 11.2. The number of ether oxygens (including phenoxy) is 1. The molecule has 0 aliphatic rings. The molecule has 0 aliphatic carbocycles. The van der Waals surface area contributed by atoms with Gasteiger partial charge in [0, 0.05) is 20.3 Å². The Balaban J connectivity index is 2.21. The number of methoxy groups -OCH3 is 1. The number of hydrogen-bond donors (Lipinski definition) is 1. The van der Waals surface area contributed by atoms with Crippen LogP contribution in [0.2, 0.25) is 0 Å². The van der Waals surface area contributed by atoms with Crippen LogP contribution in [0.25, 0.3) is 11.0 Å². The highest BCUT2D eigenvalue weighted by atomic mass is 16.5. The van der Waals surface area contributed by atoms with E-state index in [0.29, 0.717) is 5.95 Å². The van der Waals surface area contributed by atoms with Crippen molar-refractivity contribution >= 4 is 17.0 Å². The summed E-state index contributed by atoms with van der Waals surface area (Å²) in [6.07, 6.45) is 2.10. The number of nitrogen functional groups attached to an aromatic ring is 1. The molecular weight excluding hydrogens is 214 g/mol. The van der Waals surface area contributed by atoms with Crippen LogP contribution in [0.15, 0.2) is 18.2 Å². The van der Waals surface area contributed by atoms with Crippen molar-refractivity contribution < 1.29 is 4.74 Å². The first-order chi connectivity index (χ1) is 8.24. The van der Waals surface area contributed by atoms with Gasteiger partial charge in [-0.05, 0) is 31.4 Å². The van der Waals surface area contributed by atoms with Crippen LogP contribution in [-0.4, -0.2) is 23.3 Å². The molecule has 17 heavy (non-hydrogen) atoms. The fourth-order valence-corrected chi connectivity index (χ4v) is 2.06. The monoisotopic (exact) mass is 233 g/mol. The van der Waals surface area contributed by atoms with Gasteiger partial charge in [-0.15, -0.1) is 0 Å². The van der Waals surface area contributed by atoms with Gasteiger partial charge in [-0.1, -0.05) is 12.1 Å².